The van der Waals surface area contributed by atoms with Gasteiger partial charge in [0.05, 0.1) is 0 Å². The summed E-state index contributed by atoms with van der Waals surface area (Å²) < 4.78 is 0. The molecule has 1 fully saturated rings. The van der Waals surface area contributed by atoms with Crippen LogP contribution in [0.5, 0.6) is 0 Å². The van der Waals surface area contributed by atoms with Crippen molar-refractivity contribution in [2.24, 2.45) is 0 Å². The van der Waals surface area contributed by atoms with Gasteiger partial charge in [-0.1, -0.05) is 30.6 Å². The van der Waals surface area contributed by atoms with Gasteiger partial charge in [0.15, 0.2) is 0 Å². The highest BCUT2D eigenvalue weighted by Crippen LogP contribution is 2.27. The Morgan fingerprint density at radius 3 is 2.17 bits per heavy atom. The van der Waals surface area contributed by atoms with Crippen LogP contribution in [-0.2, 0) is 0 Å². The normalized spacial score (nSPS) is 20.2. The minimum absolute atomic E-state index is 1.22. The summed E-state index contributed by atoms with van der Waals surface area (Å²) in [5.41, 5.74) is 4.42. The number of hydrogen-bond acceptors (Lipinski definition) is 0. The first-order valence-corrected chi connectivity index (χ1v) is 5.06. The standard InChI is InChI=1S/C12H20/c1-10(2)12-9-7-5-4-6-8-11(12)3/h3-9H2,1-2H3. The molecule has 1 rings (SSSR count). The lowest BCUT2D eigenvalue weighted by Gasteiger charge is -2.16. The van der Waals surface area contributed by atoms with Crippen molar-refractivity contribution in [2.45, 2.75) is 52.4 Å². The zero-order chi connectivity index (χ0) is 8.97. The van der Waals surface area contributed by atoms with E-state index in [9.17, 15) is 0 Å². The van der Waals surface area contributed by atoms with Gasteiger partial charge in [-0.25, -0.2) is 0 Å². The van der Waals surface area contributed by atoms with E-state index in [1.165, 1.54) is 49.7 Å². The molecule has 0 bridgehead atoms. The molecule has 0 amide bonds. The highest BCUT2D eigenvalue weighted by atomic mass is 14.1. The molecule has 0 aliphatic heterocycles. The van der Waals surface area contributed by atoms with Gasteiger partial charge in [-0.15, -0.1) is 0 Å². The molecule has 0 aromatic heterocycles. The van der Waals surface area contributed by atoms with Crippen LogP contribution >= 0.6 is 0 Å². The van der Waals surface area contributed by atoms with E-state index in [-0.39, 0.29) is 0 Å². The van der Waals surface area contributed by atoms with Gasteiger partial charge in [0, 0.05) is 0 Å². The van der Waals surface area contributed by atoms with Crippen molar-refractivity contribution in [2.75, 3.05) is 0 Å². The molecule has 0 unspecified atom stereocenters. The first-order valence-electron chi connectivity index (χ1n) is 5.06. The van der Waals surface area contributed by atoms with Crippen LogP contribution in [-0.4, -0.2) is 0 Å². The molecule has 1 aliphatic carbocycles. The van der Waals surface area contributed by atoms with E-state index in [0.717, 1.165) is 0 Å². The van der Waals surface area contributed by atoms with Crippen LogP contribution in [0.2, 0.25) is 0 Å². The molecule has 0 atom stereocenters. The molecular weight excluding hydrogens is 144 g/mol. The van der Waals surface area contributed by atoms with Crippen LogP contribution in [0.15, 0.2) is 23.3 Å². The minimum atomic E-state index is 1.22. The Morgan fingerprint density at radius 1 is 1.00 bits per heavy atom. The average molecular weight is 164 g/mol. The molecule has 0 heteroatoms. The summed E-state index contributed by atoms with van der Waals surface area (Å²) in [5.74, 6) is 0. The molecule has 1 saturated carbocycles. The Kier molecular flexibility index (Phi) is 3.58. The van der Waals surface area contributed by atoms with Gasteiger partial charge in [0.1, 0.15) is 0 Å². The second-order valence-electron chi connectivity index (χ2n) is 4.00. The maximum absolute atomic E-state index is 4.16. The van der Waals surface area contributed by atoms with E-state index in [1.54, 1.807) is 5.57 Å². The van der Waals surface area contributed by atoms with Crippen molar-refractivity contribution >= 4 is 0 Å². The maximum Gasteiger partial charge on any atom is -0.0277 e. The van der Waals surface area contributed by atoms with Crippen molar-refractivity contribution in [3.05, 3.63) is 23.3 Å². The largest absolute Gasteiger partial charge is 0.0956 e. The van der Waals surface area contributed by atoms with Gasteiger partial charge in [-0.05, 0) is 45.1 Å². The average Bonchev–Trinajstić information content (AvgIpc) is 1.96. The quantitative estimate of drug-likeness (QED) is 0.502. The summed E-state index contributed by atoms with van der Waals surface area (Å²) in [6, 6.07) is 0. The fourth-order valence-electron chi connectivity index (χ4n) is 1.92. The molecule has 1 aliphatic rings. The van der Waals surface area contributed by atoms with Crippen LogP contribution in [0, 0.1) is 0 Å². The zero-order valence-corrected chi connectivity index (χ0v) is 8.45. The van der Waals surface area contributed by atoms with Crippen LogP contribution in [0.25, 0.3) is 0 Å². The van der Waals surface area contributed by atoms with Gasteiger partial charge in [0.2, 0.25) is 0 Å². The summed E-state index contributed by atoms with van der Waals surface area (Å²) in [5, 5.41) is 0. The third-order valence-corrected chi connectivity index (χ3v) is 2.69. The molecule has 0 aromatic rings. The van der Waals surface area contributed by atoms with Crippen molar-refractivity contribution < 1.29 is 0 Å². The van der Waals surface area contributed by atoms with E-state index in [2.05, 4.69) is 20.4 Å². The molecule has 0 radical (unpaired) electrons. The molecule has 12 heavy (non-hydrogen) atoms. The smallest absolute Gasteiger partial charge is 0.0277 e. The SMILES string of the molecule is C=C1CCCCCCC1=C(C)C. The molecule has 0 heterocycles. The molecular formula is C12H20. The number of allylic oxidation sites excluding steroid dienone is 3. The van der Waals surface area contributed by atoms with E-state index < -0.39 is 0 Å². The monoisotopic (exact) mass is 164 g/mol. The zero-order valence-electron chi connectivity index (χ0n) is 8.45. The molecule has 0 N–H and O–H groups in total. The fourth-order valence-corrected chi connectivity index (χ4v) is 1.92. The van der Waals surface area contributed by atoms with Crippen LogP contribution in [0.3, 0.4) is 0 Å². The first kappa shape index (κ1) is 9.57. The lowest BCUT2D eigenvalue weighted by molar-refractivity contribution is 0.612. The molecule has 0 aromatic carbocycles. The minimum Gasteiger partial charge on any atom is -0.0956 e. The Morgan fingerprint density at radius 2 is 1.58 bits per heavy atom. The Bertz CT molecular complexity index is 192. The fraction of sp³-hybridized carbons (Fsp3) is 0.667. The molecule has 0 spiro atoms. The van der Waals surface area contributed by atoms with Gasteiger partial charge in [-0.3, -0.25) is 0 Å². The van der Waals surface area contributed by atoms with Crippen LogP contribution in [0.1, 0.15) is 52.4 Å². The number of rotatable bonds is 0. The van der Waals surface area contributed by atoms with Gasteiger partial charge < -0.3 is 0 Å². The maximum atomic E-state index is 4.16. The lowest BCUT2D eigenvalue weighted by Crippen LogP contribution is -1.96. The summed E-state index contributed by atoms with van der Waals surface area (Å²) in [6.45, 7) is 8.58. The molecule has 68 valence electrons. The molecule has 0 nitrogen and oxygen atoms in total. The summed E-state index contributed by atoms with van der Waals surface area (Å²) in [4.78, 5) is 0. The highest BCUT2D eigenvalue weighted by Gasteiger charge is 2.07. The summed E-state index contributed by atoms with van der Waals surface area (Å²) >= 11 is 0. The van der Waals surface area contributed by atoms with Gasteiger partial charge >= 0.3 is 0 Å². The highest BCUT2D eigenvalue weighted by molar-refractivity contribution is 5.31. The predicted molar refractivity (Wildman–Crippen MR) is 55.2 cm³/mol. The summed E-state index contributed by atoms with van der Waals surface area (Å²) in [6.07, 6.45) is 8.00. The molecule has 0 saturated heterocycles. The van der Waals surface area contributed by atoms with Crippen LogP contribution in [0.4, 0.5) is 0 Å². The number of hydrogen-bond donors (Lipinski definition) is 0. The topological polar surface area (TPSA) is 0 Å². The Balaban J connectivity index is 2.68. The van der Waals surface area contributed by atoms with Crippen molar-refractivity contribution in [1.82, 2.24) is 0 Å². The van der Waals surface area contributed by atoms with Crippen molar-refractivity contribution in [3.8, 4) is 0 Å². The lowest BCUT2D eigenvalue weighted by atomic mass is 9.90. The Hall–Kier alpha value is -0.520. The van der Waals surface area contributed by atoms with Gasteiger partial charge in [-0.2, -0.15) is 0 Å². The predicted octanol–water partition coefficient (Wildman–Crippen LogP) is 4.23. The third-order valence-electron chi connectivity index (χ3n) is 2.69. The van der Waals surface area contributed by atoms with E-state index in [0.29, 0.717) is 0 Å². The summed E-state index contributed by atoms with van der Waals surface area (Å²) in [7, 11) is 0. The van der Waals surface area contributed by atoms with E-state index in [1.807, 2.05) is 0 Å². The first-order chi connectivity index (χ1) is 5.72. The van der Waals surface area contributed by atoms with Crippen LogP contribution < -0.4 is 0 Å². The second-order valence-corrected chi connectivity index (χ2v) is 4.00. The van der Waals surface area contributed by atoms with Gasteiger partial charge in [0.25, 0.3) is 0 Å². The third kappa shape index (κ3) is 2.51. The Labute approximate surface area is 76.4 Å². The van der Waals surface area contributed by atoms with E-state index >= 15 is 0 Å². The van der Waals surface area contributed by atoms with Crippen molar-refractivity contribution in [3.63, 3.8) is 0 Å². The van der Waals surface area contributed by atoms with Crippen molar-refractivity contribution in [1.29, 1.82) is 0 Å². The second kappa shape index (κ2) is 4.49. The van der Waals surface area contributed by atoms with E-state index in [4.69, 9.17) is 0 Å².